The van der Waals surface area contributed by atoms with Gasteiger partial charge in [0.05, 0.1) is 16.3 Å². The fourth-order valence-corrected chi connectivity index (χ4v) is 4.09. The van der Waals surface area contributed by atoms with Crippen LogP contribution in [0.4, 0.5) is 0 Å². The van der Waals surface area contributed by atoms with Crippen LogP contribution in [0.2, 0.25) is 0 Å². The Hall–Kier alpha value is -3.49. The number of aliphatic hydroxyl groups is 1. The maximum Gasteiger partial charge on any atom is 0.152 e. The van der Waals surface area contributed by atoms with Crippen LogP contribution in [0.15, 0.2) is 95.6 Å². The van der Waals surface area contributed by atoms with Gasteiger partial charge in [-0.2, -0.15) is 5.26 Å². The van der Waals surface area contributed by atoms with Crippen molar-refractivity contribution < 1.29 is 5.11 Å². The summed E-state index contributed by atoms with van der Waals surface area (Å²) in [7, 11) is 0. The number of nitrogens with one attached hydrogen (secondary N) is 1. The molecule has 1 heterocycles. The molecule has 136 valence electrons. The predicted molar refractivity (Wildman–Crippen MR) is 113 cm³/mol. The molecule has 0 amide bonds. The minimum absolute atomic E-state index is 0.0124. The highest BCUT2D eigenvalue weighted by Crippen LogP contribution is 2.41. The first kappa shape index (κ1) is 17.9. The highest BCUT2D eigenvalue weighted by molar-refractivity contribution is 7.99. The smallest absolute Gasteiger partial charge is 0.152 e. The van der Waals surface area contributed by atoms with E-state index in [1.807, 2.05) is 84.9 Å². The number of H-pyrrole nitrogens is 1. The molecule has 0 aliphatic carbocycles. The molecular formula is C23H17N3OS. The molecule has 1 aromatic heterocycles. The van der Waals surface area contributed by atoms with E-state index in [-0.39, 0.29) is 11.3 Å². The standard InChI is InChI=1S/C23H17N3OS/c24-15-18(23-25-19-13-7-8-14-20(19)26-23)21(27)22(16-9-3-1-4-10-16)28-17-11-5-2-6-12-17/h1-14,22,27H,(H,25,26)/t22-/m0/s1. The summed E-state index contributed by atoms with van der Waals surface area (Å²) in [6.45, 7) is 0. The molecule has 4 rings (SSSR count). The molecular weight excluding hydrogens is 366 g/mol. The van der Waals surface area contributed by atoms with E-state index < -0.39 is 5.25 Å². The maximum absolute atomic E-state index is 11.1. The molecule has 0 unspecified atom stereocenters. The zero-order valence-corrected chi connectivity index (χ0v) is 15.7. The van der Waals surface area contributed by atoms with E-state index in [9.17, 15) is 10.4 Å². The van der Waals surface area contributed by atoms with Crippen LogP contribution in [0.1, 0.15) is 16.6 Å². The number of para-hydroxylation sites is 2. The van der Waals surface area contributed by atoms with Gasteiger partial charge in [0.25, 0.3) is 0 Å². The molecule has 4 aromatic rings. The van der Waals surface area contributed by atoms with Gasteiger partial charge in [0.2, 0.25) is 0 Å². The van der Waals surface area contributed by atoms with E-state index in [2.05, 4.69) is 16.0 Å². The second-order valence-electron chi connectivity index (χ2n) is 6.20. The van der Waals surface area contributed by atoms with Gasteiger partial charge >= 0.3 is 0 Å². The van der Waals surface area contributed by atoms with Gasteiger partial charge in [-0.25, -0.2) is 4.98 Å². The van der Waals surface area contributed by atoms with E-state index >= 15 is 0 Å². The molecule has 2 N–H and O–H groups in total. The lowest BCUT2D eigenvalue weighted by molar-refractivity contribution is 0.399. The summed E-state index contributed by atoms with van der Waals surface area (Å²) < 4.78 is 0. The first-order chi connectivity index (χ1) is 13.8. The lowest BCUT2D eigenvalue weighted by Gasteiger charge is -2.17. The van der Waals surface area contributed by atoms with E-state index in [0.29, 0.717) is 5.82 Å². The molecule has 0 saturated heterocycles. The Morgan fingerprint density at radius 3 is 2.25 bits per heavy atom. The Morgan fingerprint density at radius 1 is 0.929 bits per heavy atom. The Morgan fingerprint density at radius 2 is 1.57 bits per heavy atom. The first-order valence-corrected chi connectivity index (χ1v) is 9.69. The molecule has 5 heteroatoms. The predicted octanol–water partition coefficient (Wildman–Crippen LogP) is 5.89. The molecule has 0 spiro atoms. The van der Waals surface area contributed by atoms with Crippen molar-refractivity contribution in [1.82, 2.24) is 9.97 Å². The van der Waals surface area contributed by atoms with Crippen LogP contribution in [0.5, 0.6) is 0 Å². The van der Waals surface area contributed by atoms with E-state index in [1.165, 1.54) is 11.8 Å². The van der Waals surface area contributed by atoms with Crippen LogP contribution in [-0.4, -0.2) is 15.1 Å². The van der Waals surface area contributed by atoms with Crippen LogP contribution in [0.3, 0.4) is 0 Å². The molecule has 0 saturated carbocycles. The lowest BCUT2D eigenvalue weighted by atomic mass is 10.1. The van der Waals surface area contributed by atoms with Crippen molar-refractivity contribution in [2.24, 2.45) is 0 Å². The summed E-state index contributed by atoms with van der Waals surface area (Å²) in [5.74, 6) is 0.359. The number of allylic oxidation sites excluding steroid dienone is 1. The van der Waals surface area contributed by atoms with Gasteiger partial charge in [-0.1, -0.05) is 60.7 Å². The summed E-state index contributed by atoms with van der Waals surface area (Å²) in [5, 5.41) is 20.5. The summed E-state index contributed by atoms with van der Waals surface area (Å²) >= 11 is 1.49. The molecule has 3 aromatic carbocycles. The summed E-state index contributed by atoms with van der Waals surface area (Å²) in [6.07, 6.45) is 0. The van der Waals surface area contributed by atoms with Crippen LogP contribution in [0.25, 0.3) is 16.6 Å². The van der Waals surface area contributed by atoms with Gasteiger partial charge in [0, 0.05) is 4.90 Å². The third-order valence-electron chi connectivity index (χ3n) is 4.34. The van der Waals surface area contributed by atoms with Crippen LogP contribution >= 0.6 is 11.8 Å². The SMILES string of the molecule is N#CC(=C(O)[C@@H](Sc1ccccc1)c1ccccc1)c1nc2ccccc2[nH]1. The van der Waals surface area contributed by atoms with E-state index in [4.69, 9.17) is 0 Å². The van der Waals surface area contributed by atoms with Crippen LogP contribution < -0.4 is 0 Å². The number of aromatic nitrogens is 2. The maximum atomic E-state index is 11.1. The monoisotopic (exact) mass is 383 g/mol. The minimum atomic E-state index is -0.425. The summed E-state index contributed by atoms with van der Waals surface area (Å²) in [4.78, 5) is 8.62. The topological polar surface area (TPSA) is 72.7 Å². The van der Waals surface area contributed by atoms with Gasteiger partial charge in [-0.05, 0) is 29.8 Å². The Labute approximate surface area is 167 Å². The quantitative estimate of drug-likeness (QED) is 0.256. The molecule has 0 aliphatic heterocycles. The Balaban J connectivity index is 1.81. The van der Waals surface area contributed by atoms with Crippen molar-refractivity contribution in [1.29, 1.82) is 5.26 Å². The number of fused-ring (bicyclic) bond motifs is 1. The van der Waals surface area contributed by atoms with Crippen LogP contribution in [-0.2, 0) is 0 Å². The van der Waals surface area contributed by atoms with Gasteiger partial charge < -0.3 is 10.1 Å². The van der Waals surface area contributed by atoms with Gasteiger partial charge in [-0.15, -0.1) is 11.8 Å². The van der Waals surface area contributed by atoms with Crippen molar-refractivity contribution in [3.05, 3.63) is 102 Å². The first-order valence-electron chi connectivity index (χ1n) is 8.81. The van der Waals surface area contributed by atoms with Crippen molar-refractivity contribution >= 4 is 28.4 Å². The normalized spacial score (nSPS) is 13.0. The Kier molecular flexibility index (Phi) is 5.14. The third kappa shape index (κ3) is 3.64. The van der Waals surface area contributed by atoms with E-state index in [0.717, 1.165) is 21.5 Å². The molecule has 0 bridgehead atoms. The average molecular weight is 383 g/mol. The fraction of sp³-hybridized carbons (Fsp3) is 0.0435. The minimum Gasteiger partial charge on any atom is -0.509 e. The van der Waals surface area contributed by atoms with Gasteiger partial charge in [-0.3, -0.25) is 0 Å². The summed E-state index contributed by atoms with van der Waals surface area (Å²) in [5.41, 5.74) is 2.64. The third-order valence-corrected chi connectivity index (χ3v) is 5.62. The molecule has 1 atom stereocenters. The number of nitriles is 1. The molecule has 0 aliphatic rings. The second-order valence-corrected chi connectivity index (χ2v) is 7.37. The largest absolute Gasteiger partial charge is 0.509 e. The van der Waals surface area contributed by atoms with Crippen molar-refractivity contribution in [2.75, 3.05) is 0 Å². The number of benzene rings is 3. The van der Waals surface area contributed by atoms with Crippen molar-refractivity contribution in [3.8, 4) is 6.07 Å². The number of rotatable bonds is 5. The molecule has 0 fully saturated rings. The number of thioether (sulfide) groups is 1. The summed E-state index contributed by atoms with van der Waals surface area (Å²) in [6, 6.07) is 29.2. The van der Waals surface area contributed by atoms with Gasteiger partial charge in [0.15, 0.2) is 5.82 Å². The fourth-order valence-electron chi connectivity index (χ4n) is 2.98. The number of hydrogen-bond acceptors (Lipinski definition) is 4. The number of nitrogens with zero attached hydrogens (tertiary/aromatic N) is 2. The molecule has 0 radical (unpaired) electrons. The zero-order valence-electron chi connectivity index (χ0n) is 14.9. The van der Waals surface area contributed by atoms with Gasteiger partial charge in [0.1, 0.15) is 17.4 Å². The number of imidazole rings is 1. The van der Waals surface area contributed by atoms with Crippen molar-refractivity contribution in [2.45, 2.75) is 10.1 Å². The zero-order chi connectivity index (χ0) is 19.3. The number of aromatic amines is 1. The van der Waals surface area contributed by atoms with Crippen LogP contribution in [0, 0.1) is 11.3 Å². The number of hydrogen-bond donors (Lipinski definition) is 2. The van der Waals surface area contributed by atoms with Crippen molar-refractivity contribution in [3.63, 3.8) is 0 Å². The highest BCUT2D eigenvalue weighted by atomic mass is 32.2. The molecule has 4 nitrogen and oxygen atoms in total. The molecule has 28 heavy (non-hydrogen) atoms. The second kappa shape index (κ2) is 8.03. The van der Waals surface area contributed by atoms with E-state index in [1.54, 1.807) is 0 Å². The highest BCUT2D eigenvalue weighted by Gasteiger charge is 2.24. The number of aliphatic hydroxyl groups excluding tert-OH is 1. The Bertz CT molecular complexity index is 1130. The lowest BCUT2D eigenvalue weighted by Crippen LogP contribution is -2.02. The average Bonchev–Trinajstić information content (AvgIpc) is 3.17.